The van der Waals surface area contributed by atoms with Crippen molar-refractivity contribution < 1.29 is 42.6 Å². The molecule has 0 N–H and O–H groups in total. The lowest BCUT2D eigenvalue weighted by molar-refractivity contribution is -0.0236. The fourth-order valence-corrected chi connectivity index (χ4v) is 2.12. The Morgan fingerprint density at radius 3 is 0.867 bits per heavy atom. The lowest BCUT2D eigenvalue weighted by Crippen LogP contribution is -2.15. The van der Waals surface area contributed by atoms with Gasteiger partial charge in [0.15, 0.2) is 0 Å². The summed E-state index contributed by atoms with van der Waals surface area (Å²) in [6.45, 7) is 12.8. The topological polar surface area (TPSA) is 83.1 Å². The summed E-state index contributed by atoms with van der Waals surface area (Å²) >= 11 is 3.29. The molecule has 0 aromatic rings. The Morgan fingerprint density at radius 2 is 0.633 bits per heavy atom. The molecule has 0 saturated heterocycles. The average molecular weight is 503 g/mol. The number of rotatable bonds is 27. The standard InChI is InChI=1S/C20H39BrO9/c1-2-22-5-6-24-9-10-26-13-14-28-17-18-30-20-19-29-16-15-27-12-11-25-8-7-23-4-3-21/h2H,1,3-20H2. The molecular weight excluding hydrogens is 464 g/mol. The van der Waals surface area contributed by atoms with E-state index in [0.29, 0.717) is 112 Å². The van der Waals surface area contributed by atoms with Gasteiger partial charge < -0.3 is 42.6 Å². The highest BCUT2D eigenvalue weighted by molar-refractivity contribution is 9.09. The van der Waals surface area contributed by atoms with E-state index in [9.17, 15) is 0 Å². The van der Waals surface area contributed by atoms with Crippen molar-refractivity contribution in [1.82, 2.24) is 0 Å². The van der Waals surface area contributed by atoms with E-state index in [0.717, 1.165) is 5.33 Å². The maximum absolute atomic E-state index is 5.42. The minimum atomic E-state index is 0.510. The van der Waals surface area contributed by atoms with E-state index in [1.165, 1.54) is 6.26 Å². The maximum Gasteiger partial charge on any atom is 0.111 e. The van der Waals surface area contributed by atoms with E-state index in [1.807, 2.05) is 0 Å². The molecule has 0 atom stereocenters. The summed E-state index contributed by atoms with van der Waals surface area (Å²) in [4.78, 5) is 0. The number of hydrogen-bond donors (Lipinski definition) is 0. The third-order valence-electron chi connectivity index (χ3n) is 3.29. The average Bonchev–Trinajstić information content (AvgIpc) is 2.76. The van der Waals surface area contributed by atoms with Gasteiger partial charge >= 0.3 is 0 Å². The van der Waals surface area contributed by atoms with Crippen LogP contribution in [-0.2, 0) is 42.6 Å². The van der Waals surface area contributed by atoms with Crippen LogP contribution in [0.4, 0.5) is 0 Å². The second kappa shape index (κ2) is 28.7. The summed E-state index contributed by atoms with van der Waals surface area (Å²) < 4.78 is 47.9. The van der Waals surface area contributed by atoms with Gasteiger partial charge in [-0.1, -0.05) is 22.5 Å². The van der Waals surface area contributed by atoms with Gasteiger partial charge in [-0.25, -0.2) is 0 Å². The molecule has 0 spiro atoms. The normalized spacial score (nSPS) is 11.1. The zero-order chi connectivity index (χ0) is 21.8. The van der Waals surface area contributed by atoms with E-state index in [-0.39, 0.29) is 0 Å². The van der Waals surface area contributed by atoms with Crippen LogP contribution in [0.2, 0.25) is 0 Å². The van der Waals surface area contributed by atoms with Crippen LogP contribution in [0, 0.1) is 0 Å². The molecule has 0 aromatic heterocycles. The smallest absolute Gasteiger partial charge is 0.111 e. The van der Waals surface area contributed by atoms with E-state index in [1.54, 1.807) is 0 Å². The Labute approximate surface area is 189 Å². The van der Waals surface area contributed by atoms with Crippen LogP contribution in [0.3, 0.4) is 0 Å². The van der Waals surface area contributed by atoms with Gasteiger partial charge in [-0.3, -0.25) is 0 Å². The predicted octanol–water partition coefficient (Wildman–Crippen LogP) is 1.67. The summed E-state index contributed by atoms with van der Waals surface area (Å²) in [7, 11) is 0. The quantitative estimate of drug-likeness (QED) is 0.0945. The molecule has 0 amide bonds. The van der Waals surface area contributed by atoms with Gasteiger partial charge in [0.05, 0.1) is 112 Å². The molecule has 0 aromatic carbocycles. The lowest BCUT2D eigenvalue weighted by Gasteiger charge is -2.08. The molecule has 0 aliphatic heterocycles. The fraction of sp³-hybridized carbons (Fsp3) is 0.900. The second-order valence-electron chi connectivity index (χ2n) is 5.63. The summed E-state index contributed by atoms with van der Waals surface area (Å²) in [5.41, 5.74) is 0. The molecule has 0 fully saturated rings. The van der Waals surface area contributed by atoms with Crippen molar-refractivity contribution in [1.29, 1.82) is 0 Å². The predicted molar refractivity (Wildman–Crippen MR) is 116 cm³/mol. The van der Waals surface area contributed by atoms with Gasteiger partial charge in [-0.15, -0.1) is 0 Å². The largest absolute Gasteiger partial charge is 0.499 e. The van der Waals surface area contributed by atoms with Crippen molar-refractivity contribution >= 4 is 15.9 Å². The molecule has 10 heteroatoms. The molecular formula is C20H39BrO9. The van der Waals surface area contributed by atoms with Crippen molar-refractivity contribution in [3.63, 3.8) is 0 Å². The van der Waals surface area contributed by atoms with Crippen LogP contribution < -0.4 is 0 Å². The lowest BCUT2D eigenvalue weighted by atomic mass is 10.6. The van der Waals surface area contributed by atoms with Gasteiger partial charge in [0.2, 0.25) is 0 Å². The minimum Gasteiger partial charge on any atom is -0.499 e. The molecule has 9 nitrogen and oxygen atoms in total. The highest BCUT2D eigenvalue weighted by Gasteiger charge is 1.95. The van der Waals surface area contributed by atoms with Crippen LogP contribution in [0.15, 0.2) is 12.8 Å². The van der Waals surface area contributed by atoms with Crippen molar-refractivity contribution in [3.05, 3.63) is 12.8 Å². The Morgan fingerprint density at radius 1 is 0.400 bits per heavy atom. The van der Waals surface area contributed by atoms with Crippen LogP contribution in [0.1, 0.15) is 0 Å². The summed E-state index contributed by atoms with van der Waals surface area (Å²) in [6, 6.07) is 0. The molecule has 0 radical (unpaired) electrons. The monoisotopic (exact) mass is 502 g/mol. The maximum atomic E-state index is 5.42. The zero-order valence-corrected chi connectivity index (χ0v) is 19.7. The zero-order valence-electron chi connectivity index (χ0n) is 18.1. The SMILES string of the molecule is C=COCCOCCOCCOCCOCCOCCOCCOCCOCCBr. The summed E-state index contributed by atoms with van der Waals surface area (Å²) in [6.07, 6.45) is 1.40. The number of halogens is 1. The highest BCUT2D eigenvalue weighted by atomic mass is 79.9. The van der Waals surface area contributed by atoms with E-state index in [4.69, 9.17) is 42.6 Å². The number of ether oxygens (including phenoxy) is 9. The third kappa shape index (κ3) is 27.7. The molecule has 0 bridgehead atoms. The summed E-state index contributed by atoms with van der Waals surface area (Å²) in [5, 5.41) is 0.843. The third-order valence-corrected chi connectivity index (χ3v) is 3.61. The van der Waals surface area contributed by atoms with Gasteiger partial charge in [0, 0.05) is 5.33 Å². The highest BCUT2D eigenvalue weighted by Crippen LogP contribution is 1.86. The van der Waals surface area contributed by atoms with E-state index in [2.05, 4.69) is 22.5 Å². The molecule has 0 rings (SSSR count). The first-order valence-corrected chi connectivity index (χ1v) is 11.4. The van der Waals surface area contributed by atoms with Crippen LogP contribution in [0.5, 0.6) is 0 Å². The number of hydrogen-bond acceptors (Lipinski definition) is 9. The van der Waals surface area contributed by atoms with Crippen LogP contribution >= 0.6 is 15.9 Å². The molecule has 0 saturated carbocycles. The van der Waals surface area contributed by atoms with Gasteiger partial charge in [-0.05, 0) is 0 Å². The molecule has 0 aliphatic carbocycles. The van der Waals surface area contributed by atoms with Gasteiger partial charge in [-0.2, -0.15) is 0 Å². The molecule has 180 valence electrons. The van der Waals surface area contributed by atoms with E-state index < -0.39 is 0 Å². The Bertz CT molecular complexity index is 325. The van der Waals surface area contributed by atoms with Crippen molar-refractivity contribution in [2.24, 2.45) is 0 Å². The molecule has 0 unspecified atom stereocenters. The second-order valence-corrected chi connectivity index (χ2v) is 6.42. The molecule has 30 heavy (non-hydrogen) atoms. The Hall–Kier alpha value is -0.300. The van der Waals surface area contributed by atoms with Gasteiger partial charge in [0.25, 0.3) is 0 Å². The van der Waals surface area contributed by atoms with Gasteiger partial charge in [0.1, 0.15) is 6.61 Å². The Kier molecular flexibility index (Phi) is 28.4. The van der Waals surface area contributed by atoms with Crippen LogP contribution in [0.25, 0.3) is 0 Å². The van der Waals surface area contributed by atoms with Crippen molar-refractivity contribution in [2.45, 2.75) is 0 Å². The fourth-order valence-electron chi connectivity index (χ4n) is 1.89. The Balaban J connectivity index is 2.98. The number of alkyl halides is 1. The first-order valence-electron chi connectivity index (χ1n) is 10.3. The van der Waals surface area contributed by atoms with Crippen molar-refractivity contribution in [2.75, 3.05) is 118 Å². The van der Waals surface area contributed by atoms with Crippen molar-refractivity contribution in [3.8, 4) is 0 Å². The first-order chi connectivity index (χ1) is 14.9. The molecule has 0 heterocycles. The minimum absolute atomic E-state index is 0.510. The first kappa shape index (κ1) is 29.7. The molecule has 0 aliphatic rings. The van der Waals surface area contributed by atoms with Crippen LogP contribution in [-0.4, -0.2) is 118 Å². The van der Waals surface area contributed by atoms with E-state index >= 15 is 0 Å². The summed E-state index contributed by atoms with van der Waals surface area (Å²) in [5.74, 6) is 0.